The Labute approximate surface area is 119 Å². The van der Waals surface area contributed by atoms with Crippen molar-refractivity contribution in [1.29, 1.82) is 0 Å². The van der Waals surface area contributed by atoms with Gasteiger partial charge in [-0.05, 0) is 0 Å². The van der Waals surface area contributed by atoms with E-state index in [-0.39, 0.29) is 6.61 Å². The smallest absolute Gasteiger partial charge is 0.218 e. The van der Waals surface area contributed by atoms with Gasteiger partial charge in [-0.25, -0.2) is 0 Å². The van der Waals surface area contributed by atoms with Gasteiger partial charge in [0.05, 0.1) is 19.8 Å². The zero-order valence-electron chi connectivity index (χ0n) is 11.0. The molecule has 0 aromatic heterocycles. The second kappa shape index (κ2) is 6.38. The van der Waals surface area contributed by atoms with Crippen LogP contribution in [0.2, 0.25) is 0 Å². The van der Waals surface area contributed by atoms with Crippen molar-refractivity contribution in [2.75, 3.05) is 19.8 Å². The third-order valence-electron chi connectivity index (χ3n) is 3.70. The molecule has 2 aliphatic rings. The second-order valence-corrected chi connectivity index (χ2v) is 5.13. The van der Waals surface area contributed by atoms with E-state index in [1.165, 1.54) is 0 Å². The predicted molar refractivity (Wildman–Crippen MR) is 62.6 cm³/mol. The van der Waals surface area contributed by atoms with Crippen molar-refractivity contribution in [3.05, 3.63) is 0 Å². The molecule has 3 unspecified atom stereocenters. The highest BCUT2D eigenvalue weighted by molar-refractivity contribution is 4.93. The molecule has 2 saturated heterocycles. The van der Waals surface area contributed by atoms with Crippen LogP contribution in [-0.4, -0.2) is 104 Å². The first kappa shape index (κ1) is 17.0. The summed E-state index contributed by atoms with van der Waals surface area (Å²) in [5, 5.41) is 66.5. The maximum absolute atomic E-state index is 9.81. The largest absolute Gasteiger partial charge is 0.394 e. The number of hydrogen-bond donors (Lipinski definition) is 7. The first-order valence-electron chi connectivity index (χ1n) is 6.45. The van der Waals surface area contributed by atoms with E-state index in [1.54, 1.807) is 0 Å². The molecule has 0 amide bonds. The molecule has 0 aromatic carbocycles. The molecule has 124 valence electrons. The van der Waals surface area contributed by atoms with E-state index >= 15 is 0 Å². The van der Waals surface area contributed by atoms with E-state index in [2.05, 4.69) is 0 Å². The molecule has 10 heteroatoms. The standard InChI is InChI=1S/C11H20O10/c12-1-4-6(14)7(15)8(16)10(20-4)21-5-2-19-11(18,3-13)9(5)17/h4-10,12-18H,1-3H2/t4?,5-,6+,7-,8?,9?,10+,11-/m0/s1. The minimum Gasteiger partial charge on any atom is -0.394 e. The molecule has 0 radical (unpaired) electrons. The van der Waals surface area contributed by atoms with Crippen LogP contribution in [0.25, 0.3) is 0 Å². The number of hydrogen-bond acceptors (Lipinski definition) is 10. The van der Waals surface area contributed by atoms with Crippen molar-refractivity contribution in [1.82, 2.24) is 0 Å². The highest BCUT2D eigenvalue weighted by atomic mass is 16.7. The summed E-state index contributed by atoms with van der Waals surface area (Å²) in [6.45, 7) is -1.76. The molecule has 10 nitrogen and oxygen atoms in total. The van der Waals surface area contributed by atoms with Crippen LogP contribution >= 0.6 is 0 Å². The van der Waals surface area contributed by atoms with Crippen molar-refractivity contribution in [2.45, 2.75) is 48.7 Å². The maximum Gasteiger partial charge on any atom is 0.218 e. The second-order valence-electron chi connectivity index (χ2n) is 5.13. The molecule has 7 N–H and O–H groups in total. The summed E-state index contributed by atoms with van der Waals surface area (Å²) in [6, 6.07) is 0. The third kappa shape index (κ3) is 3.05. The van der Waals surface area contributed by atoms with Gasteiger partial charge >= 0.3 is 0 Å². The summed E-state index contributed by atoms with van der Waals surface area (Å²) in [7, 11) is 0. The SMILES string of the molecule is OCC1O[C@H](O[C@H]2CO[C@@](O)(CO)C2O)C(O)[C@@H](O)[C@@H]1O. The Balaban J connectivity index is 2.02. The zero-order valence-corrected chi connectivity index (χ0v) is 11.0. The van der Waals surface area contributed by atoms with Crippen molar-refractivity contribution in [3.8, 4) is 0 Å². The van der Waals surface area contributed by atoms with E-state index in [9.17, 15) is 25.5 Å². The van der Waals surface area contributed by atoms with E-state index in [1.807, 2.05) is 0 Å². The van der Waals surface area contributed by atoms with Crippen LogP contribution in [0.15, 0.2) is 0 Å². The van der Waals surface area contributed by atoms with Crippen LogP contribution in [0.4, 0.5) is 0 Å². The summed E-state index contributed by atoms with van der Waals surface area (Å²) >= 11 is 0. The van der Waals surface area contributed by atoms with E-state index in [0.717, 1.165) is 0 Å². The number of rotatable bonds is 4. The van der Waals surface area contributed by atoms with Gasteiger partial charge in [0.15, 0.2) is 6.29 Å². The minimum absolute atomic E-state index is 0.284. The van der Waals surface area contributed by atoms with Gasteiger partial charge in [0.2, 0.25) is 5.79 Å². The molecule has 0 aromatic rings. The lowest BCUT2D eigenvalue weighted by atomic mass is 9.99. The Bertz CT molecular complexity index is 352. The summed E-state index contributed by atoms with van der Waals surface area (Å²) in [5.74, 6) is -2.18. The lowest BCUT2D eigenvalue weighted by Gasteiger charge is -2.40. The molecule has 0 saturated carbocycles. The average molecular weight is 312 g/mol. The molecule has 2 heterocycles. The van der Waals surface area contributed by atoms with Gasteiger partial charge in [0, 0.05) is 0 Å². The number of aliphatic hydroxyl groups is 7. The summed E-state index contributed by atoms with van der Waals surface area (Å²) in [5.41, 5.74) is 0. The molecule has 2 fully saturated rings. The van der Waals surface area contributed by atoms with Crippen LogP contribution < -0.4 is 0 Å². The van der Waals surface area contributed by atoms with Gasteiger partial charge in [-0.15, -0.1) is 0 Å². The number of aliphatic hydroxyl groups excluding tert-OH is 6. The molecule has 0 bridgehead atoms. The fourth-order valence-corrected chi connectivity index (χ4v) is 2.30. The quantitative estimate of drug-likeness (QED) is 0.267. The van der Waals surface area contributed by atoms with Gasteiger partial charge < -0.3 is 50.0 Å². The lowest BCUT2D eigenvalue weighted by molar-refractivity contribution is -0.316. The third-order valence-corrected chi connectivity index (χ3v) is 3.70. The van der Waals surface area contributed by atoms with Crippen molar-refractivity contribution in [2.24, 2.45) is 0 Å². The summed E-state index contributed by atoms with van der Waals surface area (Å²) < 4.78 is 15.1. The Kier molecular flexibility index (Phi) is 5.15. The fourth-order valence-electron chi connectivity index (χ4n) is 2.30. The Morgan fingerprint density at radius 3 is 2.24 bits per heavy atom. The fraction of sp³-hybridized carbons (Fsp3) is 1.00. The highest BCUT2D eigenvalue weighted by Crippen LogP contribution is 2.29. The van der Waals surface area contributed by atoms with Gasteiger partial charge in [-0.3, -0.25) is 0 Å². The monoisotopic (exact) mass is 312 g/mol. The minimum atomic E-state index is -2.18. The molecule has 0 aliphatic carbocycles. The van der Waals surface area contributed by atoms with Gasteiger partial charge in [0.1, 0.15) is 36.6 Å². The molecule has 21 heavy (non-hydrogen) atoms. The normalized spacial score (nSPS) is 51.3. The highest BCUT2D eigenvalue weighted by Gasteiger charge is 2.52. The predicted octanol–water partition coefficient (Wildman–Crippen LogP) is -4.76. The lowest BCUT2D eigenvalue weighted by Crippen LogP contribution is -2.60. The Morgan fingerprint density at radius 1 is 1.05 bits per heavy atom. The van der Waals surface area contributed by atoms with E-state index in [0.29, 0.717) is 0 Å². The number of ether oxygens (including phenoxy) is 3. The molecular weight excluding hydrogens is 292 g/mol. The van der Waals surface area contributed by atoms with Crippen molar-refractivity contribution in [3.63, 3.8) is 0 Å². The topological polar surface area (TPSA) is 169 Å². The van der Waals surface area contributed by atoms with Crippen LogP contribution in [0.1, 0.15) is 0 Å². The van der Waals surface area contributed by atoms with Crippen molar-refractivity contribution < 1.29 is 50.0 Å². The Morgan fingerprint density at radius 2 is 1.71 bits per heavy atom. The molecular formula is C11H20O10. The molecule has 8 atom stereocenters. The first-order chi connectivity index (χ1) is 9.84. The van der Waals surface area contributed by atoms with Crippen LogP contribution in [0.3, 0.4) is 0 Å². The zero-order chi connectivity index (χ0) is 15.8. The van der Waals surface area contributed by atoms with Crippen LogP contribution in [-0.2, 0) is 14.2 Å². The van der Waals surface area contributed by atoms with Crippen molar-refractivity contribution >= 4 is 0 Å². The Hall–Kier alpha value is -0.400. The van der Waals surface area contributed by atoms with Crippen LogP contribution in [0.5, 0.6) is 0 Å². The molecule has 2 aliphatic heterocycles. The maximum atomic E-state index is 9.81. The summed E-state index contributed by atoms with van der Waals surface area (Å²) in [6.07, 6.45) is -10.1. The molecule has 0 spiro atoms. The molecule has 2 rings (SSSR count). The van der Waals surface area contributed by atoms with Gasteiger partial charge in [-0.2, -0.15) is 0 Å². The van der Waals surface area contributed by atoms with Gasteiger partial charge in [0.25, 0.3) is 0 Å². The van der Waals surface area contributed by atoms with Gasteiger partial charge in [-0.1, -0.05) is 0 Å². The summed E-state index contributed by atoms with van der Waals surface area (Å²) in [4.78, 5) is 0. The van der Waals surface area contributed by atoms with Crippen LogP contribution in [0, 0.1) is 0 Å². The van der Waals surface area contributed by atoms with E-state index < -0.39 is 61.9 Å². The van der Waals surface area contributed by atoms with E-state index in [4.69, 9.17) is 24.4 Å². The first-order valence-corrected chi connectivity index (χ1v) is 6.45. The average Bonchev–Trinajstić information content (AvgIpc) is 2.76.